The lowest BCUT2D eigenvalue weighted by atomic mass is 9.63. The van der Waals surface area contributed by atoms with Crippen molar-refractivity contribution < 1.29 is 31.5 Å². The van der Waals surface area contributed by atoms with Crippen LogP contribution in [0.5, 0.6) is 17.2 Å². The summed E-state index contributed by atoms with van der Waals surface area (Å²) in [6.07, 6.45) is 3.27. The van der Waals surface area contributed by atoms with Crippen molar-refractivity contribution in [1.29, 1.82) is 0 Å². The van der Waals surface area contributed by atoms with Crippen LogP contribution in [0, 0.1) is 28.4 Å². The summed E-state index contributed by atoms with van der Waals surface area (Å²) in [5, 5.41) is 0. The standard InChI is InChI=1S/C30H32F2N2O6S/c1-5-39-25-15-27(36)34(4)16-21(25)20-12-17(6-8-23(20)40-24-9-7-19(31)14-22(24)32)28(33-41(37)38)30-11-10-18(13-26(30)35)29(30,2)3/h6-9,12,14-16,18,28,41H,5,10-11,13H2,1-4H3,(H,33,37,38)/t18-,28?,30-/m1/s1. The third-order valence-corrected chi connectivity index (χ3v) is 9.41. The summed E-state index contributed by atoms with van der Waals surface area (Å²) in [4.78, 5) is 26.0. The van der Waals surface area contributed by atoms with Crippen LogP contribution >= 0.6 is 0 Å². The molecule has 0 aliphatic heterocycles. The molecule has 3 aromatic rings. The van der Waals surface area contributed by atoms with Crippen molar-refractivity contribution in [2.45, 2.75) is 46.1 Å². The number of fused-ring (bicyclic) bond motifs is 2. The Bertz CT molecular complexity index is 1660. The number of halogens is 2. The van der Waals surface area contributed by atoms with E-state index in [4.69, 9.17) is 9.47 Å². The molecular formula is C30H32F2N2O6S. The first-order chi connectivity index (χ1) is 19.4. The predicted molar refractivity (Wildman–Crippen MR) is 149 cm³/mol. The first-order valence-corrected chi connectivity index (χ1v) is 14.6. The molecule has 2 aliphatic rings. The number of aromatic nitrogens is 1. The number of ether oxygens (including phenoxy) is 2. The van der Waals surface area contributed by atoms with E-state index in [1.165, 1.54) is 10.6 Å². The normalized spacial score (nSPS) is 21.8. The van der Waals surface area contributed by atoms with Gasteiger partial charge in [0.15, 0.2) is 11.6 Å². The topological polar surface area (TPSA) is 104 Å². The van der Waals surface area contributed by atoms with Crippen molar-refractivity contribution in [2.24, 2.45) is 23.8 Å². The van der Waals surface area contributed by atoms with Gasteiger partial charge in [0.25, 0.3) is 5.56 Å². The number of benzene rings is 2. The Kier molecular flexibility index (Phi) is 7.54. The van der Waals surface area contributed by atoms with Gasteiger partial charge in [0, 0.05) is 42.9 Å². The molecule has 41 heavy (non-hydrogen) atoms. The molecule has 1 aromatic heterocycles. The van der Waals surface area contributed by atoms with Crippen LogP contribution in [0.3, 0.4) is 0 Å². The zero-order chi connectivity index (χ0) is 29.7. The van der Waals surface area contributed by atoms with E-state index in [1.807, 2.05) is 13.8 Å². The van der Waals surface area contributed by atoms with E-state index in [0.29, 0.717) is 35.6 Å². The molecule has 218 valence electrons. The lowest BCUT2D eigenvalue weighted by molar-refractivity contribution is -0.131. The molecule has 5 rings (SSSR count). The third-order valence-electron chi connectivity index (χ3n) is 8.95. The molecule has 2 saturated carbocycles. The Balaban J connectivity index is 1.74. The molecule has 2 aromatic carbocycles. The summed E-state index contributed by atoms with van der Waals surface area (Å²) < 4.78 is 68.2. The summed E-state index contributed by atoms with van der Waals surface area (Å²) in [5.41, 5.74) is -0.455. The second-order valence-electron chi connectivity index (χ2n) is 11.2. The minimum absolute atomic E-state index is 0.0143. The van der Waals surface area contributed by atoms with Gasteiger partial charge in [-0.3, -0.25) is 9.59 Å². The number of thiol groups is 1. The van der Waals surface area contributed by atoms with Crippen LogP contribution in [0.4, 0.5) is 8.78 Å². The van der Waals surface area contributed by atoms with Gasteiger partial charge in [-0.25, -0.2) is 21.9 Å². The van der Waals surface area contributed by atoms with Crippen LogP contribution in [0.15, 0.2) is 53.5 Å². The number of ketones is 1. The Morgan fingerprint density at radius 3 is 2.39 bits per heavy atom. The van der Waals surface area contributed by atoms with Crippen molar-refractivity contribution >= 4 is 16.7 Å². The molecule has 0 spiro atoms. The second kappa shape index (κ2) is 10.7. The Morgan fingerprint density at radius 1 is 1.05 bits per heavy atom. The molecule has 0 saturated heterocycles. The fourth-order valence-corrected chi connectivity index (χ4v) is 7.34. The Labute approximate surface area is 238 Å². The first kappa shape index (κ1) is 28.9. The van der Waals surface area contributed by atoms with Gasteiger partial charge in [-0.1, -0.05) is 19.9 Å². The Hall–Kier alpha value is -3.57. The highest BCUT2D eigenvalue weighted by atomic mass is 32.2. The van der Waals surface area contributed by atoms with Crippen LogP contribution in [0.25, 0.3) is 11.1 Å². The van der Waals surface area contributed by atoms with Crippen molar-refractivity contribution in [1.82, 2.24) is 9.29 Å². The number of nitrogens with zero attached hydrogens (tertiary/aromatic N) is 1. The molecule has 8 nitrogen and oxygen atoms in total. The zero-order valence-electron chi connectivity index (χ0n) is 23.2. The lowest BCUT2D eigenvalue weighted by Gasteiger charge is -2.42. The maximum absolute atomic E-state index is 14.6. The fraction of sp³-hybridized carbons (Fsp3) is 0.400. The first-order valence-electron chi connectivity index (χ1n) is 13.4. The number of Topliss-reactive ketones (excluding diaryl/α,β-unsaturated/α-hetero) is 1. The van der Waals surface area contributed by atoms with Gasteiger partial charge in [0.05, 0.1) is 18.1 Å². The van der Waals surface area contributed by atoms with E-state index in [2.05, 4.69) is 4.72 Å². The molecule has 1 N–H and O–H groups in total. The van der Waals surface area contributed by atoms with Crippen molar-refractivity contribution in [3.8, 4) is 28.4 Å². The molecule has 2 aliphatic carbocycles. The minimum Gasteiger partial charge on any atom is -0.493 e. The van der Waals surface area contributed by atoms with Gasteiger partial charge in [-0.2, -0.15) is 0 Å². The number of nitrogens with one attached hydrogen (secondary N) is 1. The highest BCUT2D eigenvalue weighted by Crippen LogP contribution is 2.68. The van der Waals surface area contributed by atoms with Gasteiger partial charge in [-0.15, -0.1) is 0 Å². The van der Waals surface area contributed by atoms with Crippen molar-refractivity contribution in [3.63, 3.8) is 0 Å². The van der Waals surface area contributed by atoms with Crippen molar-refractivity contribution in [3.05, 3.63) is 76.2 Å². The quantitative estimate of drug-likeness (QED) is 0.339. The maximum Gasteiger partial charge on any atom is 0.254 e. The van der Waals surface area contributed by atoms with Gasteiger partial charge in [0.1, 0.15) is 23.1 Å². The predicted octanol–water partition coefficient (Wildman–Crippen LogP) is 5.07. The van der Waals surface area contributed by atoms with E-state index >= 15 is 0 Å². The van der Waals surface area contributed by atoms with Crippen LogP contribution in [-0.2, 0) is 22.7 Å². The fourth-order valence-electron chi connectivity index (χ4n) is 6.76. The molecule has 2 fully saturated rings. The van der Waals surface area contributed by atoms with Crippen LogP contribution in [-0.4, -0.2) is 25.4 Å². The second-order valence-corrected chi connectivity index (χ2v) is 12.0. The minimum atomic E-state index is -3.09. The number of pyridine rings is 1. The largest absolute Gasteiger partial charge is 0.493 e. The number of hydrogen-bond donors (Lipinski definition) is 2. The molecule has 11 heteroatoms. The summed E-state index contributed by atoms with van der Waals surface area (Å²) in [6, 6.07) is 8.25. The SMILES string of the molecule is CCOc1cc(=O)n(C)cc1-c1cc(C(N[SH](=O)=O)[C@@]23CC[C@H](CC2=O)C3(C)C)ccc1Oc1ccc(F)cc1F. The molecule has 0 amide bonds. The van der Waals surface area contributed by atoms with Crippen LogP contribution in [0.2, 0.25) is 0 Å². The Morgan fingerprint density at radius 2 is 1.78 bits per heavy atom. The number of rotatable bonds is 9. The summed E-state index contributed by atoms with van der Waals surface area (Å²) in [7, 11) is -1.52. The maximum atomic E-state index is 14.6. The number of hydrogen-bond acceptors (Lipinski definition) is 6. The van der Waals surface area contributed by atoms with Gasteiger partial charge in [0.2, 0.25) is 10.9 Å². The third kappa shape index (κ3) is 4.84. The van der Waals surface area contributed by atoms with Crippen LogP contribution < -0.4 is 19.8 Å². The monoisotopic (exact) mass is 586 g/mol. The van der Waals surface area contributed by atoms with Crippen molar-refractivity contribution in [2.75, 3.05) is 6.61 Å². The summed E-state index contributed by atoms with van der Waals surface area (Å²) in [5.74, 6) is -1.36. The lowest BCUT2D eigenvalue weighted by Crippen LogP contribution is -2.47. The summed E-state index contributed by atoms with van der Waals surface area (Å²) >= 11 is 0. The van der Waals surface area contributed by atoms with Gasteiger partial charge < -0.3 is 14.0 Å². The average Bonchev–Trinajstić information content (AvgIpc) is 3.27. The molecule has 1 unspecified atom stereocenters. The van der Waals surface area contributed by atoms with E-state index in [9.17, 15) is 26.8 Å². The van der Waals surface area contributed by atoms with E-state index in [1.54, 1.807) is 38.4 Å². The molecule has 1 heterocycles. The van der Waals surface area contributed by atoms with Gasteiger partial charge in [-0.05, 0) is 60.9 Å². The molecular weight excluding hydrogens is 554 g/mol. The highest BCUT2D eigenvalue weighted by molar-refractivity contribution is 7.70. The smallest absolute Gasteiger partial charge is 0.254 e. The number of carbonyl (C=O) groups is 1. The van der Waals surface area contributed by atoms with E-state index in [0.717, 1.165) is 18.6 Å². The zero-order valence-corrected chi connectivity index (χ0v) is 24.1. The average molecular weight is 587 g/mol. The number of carbonyl (C=O) groups excluding carboxylic acids is 1. The van der Waals surface area contributed by atoms with Gasteiger partial charge >= 0.3 is 0 Å². The molecule has 3 atom stereocenters. The van der Waals surface area contributed by atoms with Crippen LogP contribution in [0.1, 0.15) is 51.6 Å². The molecule has 0 radical (unpaired) electrons. The van der Waals surface area contributed by atoms with E-state index in [-0.39, 0.29) is 41.1 Å². The number of aryl methyl sites for hydroxylation is 1. The van der Waals surface area contributed by atoms with E-state index < -0.39 is 39.4 Å². The molecule has 2 bridgehead atoms. The summed E-state index contributed by atoms with van der Waals surface area (Å²) in [6.45, 7) is 6.03. The highest BCUT2D eigenvalue weighted by Gasteiger charge is 2.67.